The Hall–Kier alpha value is -4.82. The van der Waals surface area contributed by atoms with Crippen LogP contribution in [0.3, 0.4) is 0 Å². The SMILES string of the molecule is O=C1CCCCC(N([Si](c2ccccc2)(c2ccccc2)c2ccccc2)[Si](c2ccccc2)(c2ccccc2)c2ccccc2)O1. The second kappa shape index (κ2) is 13.9. The summed E-state index contributed by atoms with van der Waals surface area (Å²) in [4.78, 5) is 13.7. The number of cyclic esters (lactones) is 1. The standard InChI is InChI=1S/C42H39NO2Si2/c44-42-34-20-19-33-41(45-42)43(46(35-21-7-1-8-22-35,36-23-9-2-10-24-36)37-25-11-3-12-26-37)47(38-27-13-4-14-28-38,39-29-15-5-16-30-39)40-31-17-6-18-32-40/h1-18,21-32,41H,19-20,33-34H2. The number of hydrogen-bond acceptors (Lipinski definition) is 3. The summed E-state index contributed by atoms with van der Waals surface area (Å²) in [6.07, 6.45) is 2.49. The van der Waals surface area contributed by atoms with Crippen molar-refractivity contribution >= 4 is 53.6 Å². The first-order valence-corrected chi connectivity index (χ1v) is 20.5. The van der Waals surface area contributed by atoms with Crippen LogP contribution in [0.5, 0.6) is 0 Å². The minimum atomic E-state index is -3.26. The highest BCUT2D eigenvalue weighted by Crippen LogP contribution is 2.30. The van der Waals surface area contributed by atoms with Crippen molar-refractivity contribution in [3.8, 4) is 0 Å². The number of carbonyl (C=O) groups excluding carboxylic acids is 1. The molecule has 5 heteroatoms. The van der Waals surface area contributed by atoms with E-state index in [1.807, 2.05) is 0 Å². The van der Waals surface area contributed by atoms with Gasteiger partial charge in [-0.25, -0.2) is 0 Å². The first kappa shape index (κ1) is 30.8. The van der Waals surface area contributed by atoms with Crippen molar-refractivity contribution in [1.29, 1.82) is 0 Å². The van der Waals surface area contributed by atoms with Crippen LogP contribution in [0.4, 0.5) is 0 Å². The summed E-state index contributed by atoms with van der Waals surface area (Å²) in [6, 6.07) is 66.2. The molecule has 0 aliphatic carbocycles. The minimum Gasteiger partial charge on any atom is -0.448 e. The van der Waals surface area contributed by atoms with Gasteiger partial charge in [-0.2, -0.15) is 0 Å². The average molecular weight is 646 g/mol. The zero-order valence-corrected chi connectivity index (χ0v) is 28.5. The van der Waals surface area contributed by atoms with Gasteiger partial charge < -0.3 is 4.74 Å². The molecule has 0 amide bonds. The average Bonchev–Trinajstić information content (AvgIpc) is 3.38. The first-order valence-electron chi connectivity index (χ1n) is 16.6. The van der Waals surface area contributed by atoms with Gasteiger partial charge in [0, 0.05) is 6.42 Å². The number of hydrogen-bond donors (Lipinski definition) is 0. The third-order valence-electron chi connectivity index (χ3n) is 9.51. The molecule has 6 aromatic rings. The van der Waals surface area contributed by atoms with Crippen molar-refractivity contribution in [3.05, 3.63) is 182 Å². The summed E-state index contributed by atoms with van der Waals surface area (Å²) < 4.78 is 9.59. The van der Waals surface area contributed by atoms with E-state index in [0.29, 0.717) is 6.42 Å². The van der Waals surface area contributed by atoms with Gasteiger partial charge in [0.05, 0.1) is 0 Å². The molecule has 1 atom stereocenters. The maximum absolute atomic E-state index is 13.7. The number of nitrogens with zero attached hydrogens (tertiary/aromatic N) is 1. The van der Waals surface area contributed by atoms with Gasteiger partial charge >= 0.3 is 5.97 Å². The molecule has 6 aromatic carbocycles. The lowest BCUT2D eigenvalue weighted by Crippen LogP contribution is -2.92. The van der Waals surface area contributed by atoms with Crippen LogP contribution in [0, 0.1) is 0 Å². The van der Waals surface area contributed by atoms with E-state index in [1.165, 1.54) is 31.1 Å². The number of benzene rings is 6. The van der Waals surface area contributed by atoms with Crippen LogP contribution < -0.4 is 31.1 Å². The molecule has 1 heterocycles. The van der Waals surface area contributed by atoms with E-state index >= 15 is 0 Å². The molecule has 1 aliphatic heterocycles. The fourth-order valence-corrected chi connectivity index (χ4v) is 20.9. The van der Waals surface area contributed by atoms with E-state index in [-0.39, 0.29) is 5.97 Å². The van der Waals surface area contributed by atoms with Crippen LogP contribution in [-0.2, 0) is 9.53 Å². The van der Waals surface area contributed by atoms with Crippen molar-refractivity contribution in [2.24, 2.45) is 0 Å². The summed E-state index contributed by atoms with van der Waals surface area (Å²) in [5.41, 5.74) is 0. The van der Waals surface area contributed by atoms with Gasteiger partial charge in [0.2, 0.25) is 16.5 Å². The lowest BCUT2D eigenvalue weighted by atomic mass is 10.2. The first-order chi connectivity index (χ1) is 23.3. The molecule has 1 unspecified atom stereocenters. The maximum Gasteiger partial charge on any atom is 0.307 e. The smallest absolute Gasteiger partial charge is 0.307 e. The molecule has 0 N–H and O–H groups in total. The Bertz CT molecular complexity index is 1550. The van der Waals surface area contributed by atoms with Gasteiger partial charge in [-0.1, -0.05) is 182 Å². The largest absolute Gasteiger partial charge is 0.448 e. The monoisotopic (exact) mass is 645 g/mol. The van der Waals surface area contributed by atoms with Crippen molar-refractivity contribution < 1.29 is 9.53 Å². The predicted octanol–water partition coefficient (Wildman–Crippen LogP) is 5.07. The van der Waals surface area contributed by atoms with Crippen molar-refractivity contribution in [3.63, 3.8) is 0 Å². The number of esters is 1. The van der Waals surface area contributed by atoms with E-state index < -0.39 is 22.7 Å². The lowest BCUT2D eigenvalue weighted by Gasteiger charge is -2.56. The summed E-state index contributed by atoms with van der Waals surface area (Å²) in [5.74, 6) is -0.119. The van der Waals surface area contributed by atoms with Crippen LogP contribution in [0.25, 0.3) is 0 Å². The van der Waals surface area contributed by atoms with Gasteiger partial charge in [-0.05, 0) is 50.4 Å². The van der Waals surface area contributed by atoms with Gasteiger partial charge in [0.1, 0.15) is 6.23 Å². The zero-order chi connectivity index (χ0) is 31.9. The molecule has 1 saturated heterocycles. The number of rotatable bonds is 9. The Labute approximate surface area is 280 Å². The molecule has 0 radical (unpaired) electrons. The van der Waals surface area contributed by atoms with Crippen molar-refractivity contribution in [2.45, 2.75) is 31.9 Å². The quantitative estimate of drug-likeness (QED) is 0.125. The lowest BCUT2D eigenvalue weighted by molar-refractivity contribution is -0.151. The Morgan fingerprint density at radius 2 is 0.702 bits per heavy atom. The minimum absolute atomic E-state index is 0.119. The molecule has 0 spiro atoms. The summed E-state index contributed by atoms with van der Waals surface area (Å²) >= 11 is 0. The van der Waals surface area contributed by atoms with Crippen LogP contribution in [0.15, 0.2) is 182 Å². The van der Waals surface area contributed by atoms with Crippen molar-refractivity contribution in [1.82, 2.24) is 4.23 Å². The zero-order valence-electron chi connectivity index (χ0n) is 26.5. The van der Waals surface area contributed by atoms with E-state index in [9.17, 15) is 4.79 Å². The fraction of sp³-hybridized carbons (Fsp3) is 0.119. The van der Waals surface area contributed by atoms with Gasteiger partial charge in [0.15, 0.2) is 0 Å². The Balaban J connectivity index is 1.74. The molecular weight excluding hydrogens is 607 g/mol. The third-order valence-corrected chi connectivity index (χ3v) is 20.6. The molecule has 3 nitrogen and oxygen atoms in total. The second-order valence-corrected chi connectivity index (χ2v) is 19.9. The molecule has 7 rings (SSSR count). The van der Waals surface area contributed by atoms with E-state index in [4.69, 9.17) is 4.74 Å². The highest BCUT2D eigenvalue weighted by Gasteiger charge is 2.60. The Morgan fingerprint density at radius 1 is 0.426 bits per heavy atom. The normalized spacial score (nSPS) is 15.5. The molecule has 0 saturated carbocycles. The second-order valence-electron chi connectivity index (χ2n) is 12.2. The third kappa shape index (κ3) is 5.61. The number of ether oxygens (including phenoxy) is 1. The molecule has 232 valence electrons. The van der Waals surface area contributed by atoms with Crippen molar-refractivity contribution in [2.75, 3.05) is 0 Å². The summed E-state index contributed by atoms with van der Waals surface area (Å²) in [7, 11) is -6.52. The van der Waals surface area contributed by atoms with E-state index in [2.05, 4.69) is 186 Å². The summed E-state index contributed by atoms with van der Waals surface area (Å²) in [5, 5.41) is 7.57. The molecule has 47 heavy (non-hydrogen) atoms. The fourth-order valence-electron chi connectivity index (χ4n) is 7.63. The Kier molecular flexibility index (Phi) is 9.11. The maximum atomic E-state index is 13.7. The van der Waals surface area contributed by atoms with Crippen LogP contribution in [0.2, 0.25) is 0 Å². The topological polar surface area (TPSA) is 29.5 Å². The van der Waals surface area contributed by atoms with Gasteiger partial charge in [-0.15, -0.1) is 0 Å². The van der Waals surface area contributed by atoms with Crippen LogP contribution in [-0.4, -0.2) is 32.9 Å². The molecule has 1 fully saturated rings. The Morgan fingerprint density at radius 3 is 0.979 bits per heavy atom. The summed E-state index contributed by atoms with van der Waals surface area (Å²) in [6.45, 7) is 0. The molecule has 0 bridgehead atoms. The number of carbonyl (C=O) groups is 1. The van der Waals surface area contributed by atoms with E-state index in [1.54, 1.807) is 0 Å². The van der Waals surface area contributed by atoms with Crippen LogP contribution in [0.1, 0.15) is 25.7 Å². The van der Waals surface area contributed by atoms with E-state index in [0.717, 1.165) is 19.3 Å². The van der Waals surface area contributed by atoms with Gasteiger partial charge in [0.25, 0.3) is 0 Å². The predicted molar refractivity (Wildman–Crippen MR) is 198 cm³/mol. The highest BCUT2D eigenvalue weighted by atomic mass is 28.4. The molecular formula is C42H39NO2Si2. The highest BCUT2D eigenvalue weighted by molar-refractivity contribution is 7.22. The van der Waals surface area contributed by atoms with Crippen LogP contribution >= 0.6 is 0 Å². The molecule has 1 aliphatic rings. The van der Waals surface area contributed by atoms with Gasteiger partial charge in [-0.3, -0.25) is 9.03 Å². The molecule has 0 aromatic heterocycles.